The van der Waals surface area contributed by atoms with Crippen LogP contribution < -0.4 is 10.6 Å². The number of amides is 1. The fourth-order valence-corrected chi connectivity index (χ4v) is 1.43. The second-order valence-corrected chi connectivity index (χ2v) is 3.86. The molecule has 0 fully saturated rings. The molecule has 0 saturated carbocycles. The van der Waals surface area contributed by atoms with E-state index in [9.17, 15) is 4.79 Å². The first-order valence-electron chi connectivity index (χ1n) is 5.82. The van der Waals surface area contributed by atoms with Crippen molar-refractivity contribution in [2.45, 2.75) is 33.2 Å². The van der Waals surface area contributed by atoms with E-state index in [1.165, 1.54) is 0 Å². The standard InChI is InChI=1S/C13H20N2O/c1-4-10(3)15-13(16)11-8-6-7-9-12(11)14-5-2/h6-10,14H,4-5H2,1-3H3,(H,15,16)/t10-/m1/s1. The van der Waals surface area contributed by atoms with Gasteiger partial charge in [-0.25, -0.2) is 0 Å². The maximum Gasteiger partial charge on any atom is 0.253 e. The average molecular weight is 220 g/mol. The summed E-state index contributed by atoms with van der Waals surface area (Å²) in [5.74, 6) is -0.00843. The lowest BCUT2D eigenvalue weighted by atomic mass is 10.1. The molecule has 88 valence electrons. The molecule has 1 atom stereocenters. The summed E-state index contributed by atoms with van der Waals surface area (Å²) in [6.45, 7) is 6.89. The minimum Gasteiger partial charge on any atom is -0.385 e. The number of para-hydroxylation sites is 1. The Morgan fingerprint density at radius 2 is 2.00 bits per heavy atom. The maximum atomic E-state index is 12.0. The molecule has 1 aromatic rings. The third kappa shape index (κ3) is 3.26. The van der Waals surface area contributed by atoms with Gasteiger partial charge in [0.2, 0.25) is 0 Å². The molecule has 1 aromatic carbocycles. The van der Waals surface area contributed by atoms with E-state index in [1.54, 1.807) is 0 Å². The van der Waals surface area contributed by atoms with Crippen LogP contribution in [0.25, 0.3) is 0 Å². The summed E-state index contributed by atoms with van der Waals surface area (Å²) in [4.78, 5) is 12.0. The van der Waals surface area contributed by atoms with E-state index in [-0.39, 0.29) is 11.9 Å². The van der Waals surface area contributed by atoms with Gasteiger partial charge in [0.05, 0.1) is 5.56 Å². The van der Waals surface area contributed by atoms with E-state index in [0.29, 0.717) is 5.56 Å². The molecule has 0 saturated heterocycles. The molecule has 0 unspecified atom stereocenters. The normalized spacial score (nSPS) is 11.9. The van der Waals surface area contributed by atoms with Gasteiger partial charge in [-0.1, -0.05) is 19.1 Å². The van der Waals surface area contributed by atoms with Crippen molar-refractivity contribution in [1.29, 1.82) is 0 Å². The van der Waals surface area contributed by atoms with Crippen LogP contribution in [-0.4, -0.2) is 18.5 Å². The number of benzene rings is 1. The fraction of sp³-hybridized carbons (Fsp3) is 0.462. The van der Waals surface area contributed by atoms with Crippen molar-refractivity contribution in [2.75, 3.05) is 11.9 Å². The second-order valence-electron chi connectivity index (χ2n) is 3.86. The molecule has 0 aliphatic heterocycles. The molecule has 1 rings (SSSR count). The Kier molecular flexibility index (Phi) is 4.83. The van der Waals surface area contributed by atoms with E-state index < -0.39 is 0 Å². The first-order valence-corrected chi connectivity index (χ1v) is 5.82. The summed E-state index contributed by atoms with van der Waals surface area (Å²) in [5.41, 5.74) is 1.61. The molecule has 16 heavy (non-hydrogen) atoms. The first kappa shape index (κ1) is 12.6. The lowest BCUT2D eigenvalue weighted by molar-refractivity contribution is 0.0940. The zero-order chi connectivity index (χ0) is 12.0. The Balaban J connectivity index is 2.81. The molecule has 2 N–H and O–H groups in total. The lowest BCUT2D eigenvalue weighted by Crippen LogP contribution is -2.32. The number of nitrogens with one attached hydrogen (secondary N) is 2. The van der Waals surface area contributed by atoms with Gasteiger partial charge in [0, 0.05) is 18.3 Å². The van der Waals surface area contributed by atoms with Gasteiger partial charge in [0.25, 0.3) is 5.91 Å². The van der Waals surface area contributed by atoms with E-state index in [1.807, 2.05) is 38.1 Å². The molecular formula is C13H20N2O. The average Bonchev–Trinajstić information content (AvgIpc) is 2.30. The number of hydrogen-bond acceptors (Lipinski definition) is 2. The van der Waals surface area contributed by atoms with Gasteiger partial charge in [0.15, 0.2) is 0 Å². The first-order chi connectivity index (χ1) is 7.69. The minimum absolute atomic E-state index is 0.00843. The van der Waals surface area contributed by atoms with Gasteiger partial charge in [-0.2, -0.15) is 0 Å². The van der Waals surface area contributed by atoms with Crippen LogP contribution in [0.3, 0.4) is 0 Å². The van der Waals surface area contributed by atoms with Crippen LogP contribution >= 0.6 is 0 Å². The van der Waals surface area contributed by atoms with Gasteiger partial charge in [-0.3, -0.25) is 4.79 Å². The van der Waals surface area contributed by atoms with Crippen molar-refractivity contribution in [1.82, 2.24) is 5.32 Å². The third-order valence-corrected chi connectivity index (χ3v) is 2.53. The SMILES string of the molecule is CCNc1ccccc1C(=O)N[C@H](C)CC. The predicted molar refractivity (Wildman–Crippen MR) is 67.8 cm³/mol. The molecule has 3 heteroatoms. The molecule has 0 radical (unpaired) electrons. The van der Waals surface area contributed by atoms with Crippen molar-refractivity contribution in [3.8, 4) is 0 Å². The predicted octanol–water partition coefficient (Wildman–Crippen LogP) is 2.65. The van der Waals surface area contributed by atoms with Crippen LogP contribution in [-0.2, 0) is 0 Å². The van der Waals surface area contributed by atoms with Crippen molar-refractivity contribution < 1.29 is 4.79 Å². The Hall–Kier alpha value is -1.51. The smallest absolute Gasteiger partial charge is 0.253 e. The van der Waals surface area contributed by atoms with Crippen LogP contribution in [0.15, 0.2) is 24.3 Å². The van der Waals surface area contributed by atoms with Crippen LogP contribution in [0.2, 0.25) is 0 Å². The third-order valence-electron chi connectivity index (χ3n) is 2.53. The second kappa shape index (κ2) is 6.16. The van der Waals surface area contributed by atoms with Gasteiger partial charge in [-0.05, 0) is 32.4 Å². The number of carbonyl (C=O) groups is 1. The summed E-state index contributed by atoms with van der Waals surface area (Å²) in [6.07, 6.45) is 0.940. The summed E-state index contributed by atoms with van der Waals surface area (Å²) >= 11 is 0. The number of hydrogen-bond donors (Lipinski definition) is 2. The Morgan fingerprint density at radius 3 is 2.62 bits per heavy atom. The highest BCUT2D eigenvalue weighted by Gasteiger charge is 2.11. The fourth-order valence-electron chi connectivity index (χ4n) is 1.43. The summed E-state index contributed by atoms with van der Waals surface area (Å²) in [6, 6.07) is 7.79. The van der Waals surface area contributed by atoms with Gasteiger partial charge in [0.1, 0.15) is 0 Å². The number of rotatable bonds is 5. The molecule has 0 aliphatic carbocycles. The lowest BCUT2D eigenvalue weighted by Gasteiger charge is -2.14. The molecule has 0 heterocycles. The Labute approximate surface area is 97.2 Å². The molecular weight excluding hydrogens is 200 g/mol. The van der Waals surface area contributed by atoms with Gasteiger partial charge >= 0.3 is 0 Å². The number of carbonyl (C=O) groups excluding carboxylic acids is 1. The minimum atomic E-state index is -0.00843. The topological polar surface area (TPSA) is 41.1 Å². The van der Waals surface area contributed by atoms with Crippen molar-refractivity contribution in [3.05, 3.63) is 29.8 Å². The molecule has 3 nitrogen and oxygen atoms in total. The summed E-state index contributed by atoms with van der Waals surface area (Å²) < 4.78 is 0. The van der Waals surface area contributed by atoms with Crippen LogP contribution in [0.4, 0.5) is 5.69 Å². The van der Waals surface area contributed by atoms with E-state index in [2.05, 4.69) is 17.6 Å². The quantitative estimate of drug-likeness (QED) is 0.801. The molecule has 0 spiro atoms. The van der Waals surface area contributed by atoms with Crippen LogP contribution in [0, 0.1) is 0 Å². The largest absolute Gasteiger partial charge is 0.385 e. The van der Waals surface area contributed by atoms with E-state index in [4.69, 9.17) is 0 Å². The summed E-state index contributed by atoms with van der Waals surface area (Å²) in [7, 11) is 0. The highest BCUT2D eigenvalue weighted by Crippen LogP contribution is 2.14. The zero-order valence-corrected chi connectivity index (χ0v) is 10.2. The molecule has 0 bridgehead atoms. The molecule has 0 aliphatic rings. The molecule has 0 aromatic heterocycles. The maximum absolute atomic E-state index is 12.0. The van der Waals surface area contributed by atoms with Crippen molar-refractivity contribution >= 4 is 11.6 Å². The number of anilines is 1. The Morgan fingerprint density at radius 1 is 1.31 bits per heavy atom. The van der Waals surface area contributed by atoms with Gasteiger partial charge < -0.3 is 10.6 Å². The highest BCUT2D eigenvalue weighted by atomic mass is 16.1. The Bertz CT molecular complexity index is 350. The van der Waals surface area contributed by atoms with Gasteiger partial charge in [-0.15, -0.1) is 0 Å². The monoisotopic (exact) mass is 220 g/mol. The van der Waals surface area contributed by atoms with E-state index in [0.717, 1.165) is 18.7 Å². The zero-order valence-electron chi connectivity index (χ0n) is 10.2. The summed E-state index contributed by atoms with van der Waals surface area (Å²) in [5, 5.41) is 6.15. The van der Waals surface area contributed by atoms with Crippen LogP contribution in [0.5, 0.6) is 0 Å². The highest BCUT2D eigenvalue weighted by molar-refractivity contribution is 5.99. The van der Waals surface area contributed by atoms with Crippen molar-refractivity contribution in [3.63, 3.8) is 0 Å². The van der Waals surface area contributed by atoms with Crippen molar-refractivity contribution in [2.24, 2.45) is 0 Å². The van der Waals surface area contributed by atoms with Crippen LogP contribution in [0.1, 0.15) is 37.6 Å². The molecule has 1 amide bonds. The van der Waals surface area contributed by atoms with E-state index >= 15 is 0 Å².